The van der Waals surface area contributed by atoms with Crippen molar-refractivity contribution in [2.24, 2.45) is 11.8 Å². The van der Waals surface area contributed by atoms with Gasteiger partial charge in [0.25, 0.3) is 0 Å². The average molecular weight is 1640 g/mol. The SMILES string of the molecule is CCCCC[C@H]1CC[C@H](c2ccc(OC(=O)c3ccc(OCCCCCCOC(C=O)CC(=O)OCCCCCCOc4cc(CCCCCCOC5CCCCO5)c(OCCCCCCOC(=O)CC(C=O)OCCCCCCOc5ccc(C(=O)Oc6ccc([C@H]7CC[C@H](CCCCC)CC7)cc6)cc5)c(C(=O)O)c4)cc3)cc2)CC1. The van der Waals surface area contributed by atoms with Gasteiger partial charge in [0.05, 0.1) is 63.6 Å². The summed E-state index contributed by atoms with van der Waals surface area (Å²) in [6.07, 6.45) is 39.3. The molecule has 20 nitrogen and oxygen atoms in total. The first-order valence-electron chi connectivity index (χ1n) is 45.3. The third-order valence-electron chi connectivity index (χ3n) is 23.0. The van der Waals surface area contributed by atoms with Crippen molar-refractivity contribution in [1.29, 1.82) is 0 Å². The molecule has 3 aliphatic rings. The van der Waals surface area contributed by atoms with Crippen LogP contribution in [0.3, 0.4) is 0 Å². The molecule has 3 unspecified atom stereocenters. The van der Waals surface area contributed by atoms with E-state index in [4.69, 9.17) is 56.8 Å². The molecule has 0 spiro atoms. The van der Waals surface area contributed by atoms with Gasteiger partial charge in [0.2, 0.25) is 0 Å². The summed E-state index contributed by atoms with van der Waals surface area (Å²) in [4.78, 5) is 87.6. The summed E-state index contributed by atoms with van der Waals surface area (Å²) < 4.78 is 69.7. The van der Waals surface area contributed by atoms with Crippen LogP contribution in [0.4, 0.5) is 0 Å². The Labute approximate surface area is 703 Å². The lowest BCUT2D eigenvalue weighted by Crippen LogP contribution is -2.22. The number of esters is 4. The second-order valence-electron chi connectivity index (χ2n) is 32.5. The van der Waals surface area contributed by atoms with Crippen molar-refractivity contribution in [3.63, 3.8) is 0 Å². The lowest BCUT2D eigenvalue weighted by molar-refractivity contribution is -0.162. The van der Waals surface area contributed by atoms with Crippen molar-refractivity contribution in [2.75, 3.05) is 66.1 Å². The largest absolute Gasteiger partial charge is 0.494 e. The zero-order valence-corrected chi connectivity index (χ0v) is 71.1. The van der Waals surface area contributed by atoms with E-state index in [1.165, 1.54) is 120 Å². The van der Waals surface area contributed by atoms with Crippen LogP contribution < -0.4 is 28.4 Å². The summed E-state index contributed by atoms with van der Waals surface area (Å²) in [5.74, 6) is 3.17. The van der Waals surface area contributed by atoms with Crippen molar-refractivity contribution in [2.45, 2.75) is 314 Å². The van der Waals surface area contributed by atoms with Gasteiger partial charge in [0.1, 0.15) is 64.8 Å². The van der Waals surface area contributed by atoms with Gasteiger partial charge in [0, 0.05) is 26.4 Å². The molecule has 0 amide bonds. The fourth-order valence-electron chi connectivity index (χ4n) is 15.9. The predicted molar refractivity (Wildman–Crippen MR) is 457 cm³/mol. The molecule has 1 heterocycles. The highest BCUT2D eigenvalue weighted by molar-refractivity contribution is 5.93. The summed E-state index contributed by atoms with van der Waals surface area (Å²) in [6.45, 7) is 8.65. The number of aldehydes is 2. The van der Waals surface area contributed by atoms with Crippen molar-refractivity contribution >= 4 is 42.4 Å². The minimum Gasteiger partial charge on any atom is -0.494 e. The third-order valence-corrected chi connectivity index (χ3v) is 23.0. The number of rotatable bonds is 63. The molecular weight excluding hydrogens is 1500 g/mol. The van der Waals surface area contributed by atoms with E-state index >= 15 is 0 Å². The molecular formula is C98H138O20. The molecule has 1 N–H and O–H groups in total. The van der Waals surface area contributed by atoms with Crippen LogP contribution in [0.5, 0.6) is 34.5 Å². The van der Waals surface area contributed by atoms with Gasteiger partial charge >= 0.3 is 29.8 Å². The molecule has 1 saturated heterocycles. The van der Waals surface area contributed by atoms with E-state index in [1.54, 1.807) is 48.5 Å². The molecule has 118 heavy (non-hydrogen) atoms. The lowest BCUT2D eigenvalue weighted by atomic mass is 9.77. The Kier molecular flexibility index (Phi) is 46.8. The molecule has 0 aromatic heterocycles. The Hall–Kier alpha value is -8.17. The molecule has 8 rings (SSSR count). The Morgan fingerprint density at radius 3 is 1.22 bits per heavy atom. The van der Waals surface area contributed by atoms with Crippen LogP contribution in [0.15, 0.2) is 109 Å². The molecule has 650 valence electrons. The topological polar surface area (TPSA) is 250 Å². The highest BCUT2D eigenvalue weighted by Gasteiger charge is 2.26. The fraction of sp³-hybridized carbons (Fsp3) is 0.622. The summed E-state index contributed by atoms with van der Waals surface area (Å²) in [7, 11) is 0. The quantitative estimate of drug-likeness (QED) is 0.0164. The Morgan fingerprint density at radius 2 is 0.805 bits per heavy atom. The van der Waals surface area contributed by atoms with E-state index in [2.05, 4.69) is 38.1 Å². The molecule has 5 aromatic carbocycles. The van der Waals surface area contributed by atoms with Gasteiger partial charge in [-0.2, -0.15) is 0 Å². The highest BCUT2D eigenvalue weighted by Crippen LogP contribution is 2.41. The van der Waals surface area contributed by atoms with Gasteiger partial charge in [-0.15, -0.1) is 0 Å². The summed E-state index contributed by atoms with van der Waals surface area (Å²) >= 11 is 0. The van der Waals surface area contributed by atoms with Crippen molar-refractivity contribution in [3.8, 4) is 34.5 Å². The Balaban J connectivity index is 0.625. The Bertz CT molecular complexity index is 3590. The number of aryl methyl sites for hydroxylation is 1. The molecule has 1 aliphatic heterocycles. The molecule has 2 saturated carbocycles. The zero-order valence-electron chi connectivity index (χ0n) is 71.1. The van der Waals surface area contributed by atoms with Gasteiger partial charge in [0.15, 0.2) is 6.29 Å². The van der Waals surface area contributed by atoms with E-state index in [0.717, 1.165) is 146 Å². The number of hydrogen-bond acceptors (Lipinski definition) is 19. The number of hydrogen-bond donors (Lipinski definition) is 1. The first-order valence-corrected chi connectivity index (χ1v) is 45.3. The minimum atomic E-state index is -1.11. The molecule has 3 atom stereocenters. The maximum Gasteiger partial charge on any atom is 0.343 e. The second-order valence-corrected chi connectivity index (χ2v) is 32.5. The predicted octanol–water partition coefficient (Wildman–Crippen LogP) is 22.4. The fourth-order valence-corrected chi connectivity index (χ4v) is 15.9. The van der Waals surface area contributed by atoms with E-state index in [9.17, 15) is 38.7 Å². The van der Waals surface area contributed by atoms with E-state index in [-0.39, 0.29) is 37.9 Å². The molecule has 2 aliphatic carbocycles. The smallest absolute Gasteiger partial charge is 0.343 e. The first kappa shape index (κ1) is 95.3. The average Bonchev–Trinajstić information content (AvgIpc) is 0.824. The van der Waals surface area contributed by atoms with E-state index in [1.807, 2.05) is 30.3 Å². The standard InChI is InChI=1S/C98H138O20/c1-3-5-17-31-75-35-39-77(40-36-75)79-43-55-86(56-44-79)117-97(105)81-47-51-84(52-48-81)107-59-21-9-11-24-62-110-89(73-99)71-92(101)112-64-26-14-13-23-61-109-88-69-83(33-19-7-8-28-66-114-94-34-20-30-67-115-94)95(91(70-88)96(103)104)116-68-29-16-15-27-65-113-93(102)72-90(74-100)111-63-25-12-10-22-60-108-85-53-49-82(50-54-85)98(106)118-87-57-45-80(46-58-87)78-41-37-76(38-42-78)32-18-6-4-2/h43-58,69-70,73-78,89-90,94H,3-42,59-68,71-72H2,1-2H3,(H,103,104)/t75-,76-,77-,78-,89?,90?,94?. The van der Waals surface area contributed by atoms with Gasteiger partial charge in [-0.25, -0.2) is 14.4 Å². The van der Waals surface area contributed by atoms with Gasteiger partial charge in [-0.05, 0) is 305 Å². The molecule has 5 aromatic rings. The number of ether oxygens (including phenoxy) is 12. The van der Waals surface area contributed by atoms with Crippen LogP contribution in [0.1, 0.15) is 337 Å². The van der Waals surface area contributed by atoms with Crippen LogP contribution in [-0.4, -0.2) is 132 Å². The van der Waals surface area contributed by atoms with Gasteiger partial charge in [-0.3, -0.25) is 9.59 Å². The molecule has 0 radical (unpaired) electrons. The number of benzene rings is 5. The number of unbranched alkanes of at least 4 members (excludes halogenated alkanes) is 19. The monoisotopic (exact) mass is 1630 g/mol. The van der Waals surface area contributed by atoms with E-state index in [0.29, 0.717) is 148 Å². The number of carboxylic acids is 1. The normalized spacial score (nSPS) is 17.2. The second kappa shape index (κ2) is 57.9. The van der Waals surface area contributed by atoms with Crippen LogP contribution in [0, 0.1) is 11.8 Å². The summed E-state index contributed by atoms with van der Waals surface area (Å²) in [5.41, 5.74) is 4.36. The van der Waals surface area contributed by atoms with Gasteiger partial charge < -0.3 is 71.5 Å². The third kappa shape index (κ3) is 38.1. The van der Waals surface area contributed by atoms with Crippen molar-refractivity contribution < 1.29 is 95.5 Å². The summed E-state index contributed by atoms with van der Waals surface area (Å²) in [6, 6.07) is 33.4. The highest BCUT2D eigenvalue weighted by atomic mass is 16.7. The number of carbonyl (C=O) groups is 7. The van der Waals surface area contributed by atoms with Crippen molar-refractivity contribution in [3.05, 3.63) is 143 Å². The zero-order chi connectivity index (χ0) is 83.3. The first-order chi connectivity index (χ1) is 57.9. The van der Waals surface area contributed by atoms with Crippen LogP contribution in [-0.2, 0) is 54.0 Å². The van der Waals surface area contributed by atoms with Crippen LogP contribution in [0.2, 0.25) is 0 Å². The Morgan fingerprint density at radius 1 is 0.407 bits per heavy atom. The number of aromatic carboxylic acids is 1. The number of carboxylic acid groups (broad SMARTS) is 1. The van der Waals surface area contributed by atoms with Crippen LogP contribution >= 0.6 is 0 Å². The number of carbonyl (C=O) groups excluding carboxylic acids is 6. The van der Waals surface area contributed by atoms with Crippen LogP contribution in [0.25, 0.3) is 0 Å². The molecule has 20 heteroatoms. The molecule has 3 fully saturated rings. The van der Waals surface area contributed by atoms with Crippen molar-refractivity contribution in [1.82, 2.24) is 0 Å². The minimum absolute atomic E-state index is 0.0396. The maximum absolute atomic E-state index is 12.9. The lowest BCUT2D eigenvalue weighted by Gasteiger charge is -2.29. The maximum atomic E-state index is 12.9. The van der Waals surface area contributed by atoms with Gasteiger partial charge in [-0.1, -0.05) is 115 Å². The van der Waals surface area contributed by atoms with E-state index < -0.39 is 42.1 Å². The molecule has 0 bridgehead atoms. The summed E-state index contributed by atoms with van der Waals surface area (Å²) in [5, 5.41) is 10.5.